The fourth-order valence-electron chi connectivity index (χ4n) is 4.41. The lowest BCUT2D eigenvalue weighted by Crippen LogP contribution is -2.08. The molecule has 0 saturated carbocycles. The molecule has 4 rings (SSSR count). The molecule has 36 heavy (non-hydrogen) atoms. The van der Waals surface area contributed by atoms with Gasteiger partial charge in [-0.3, -0.25) is 4.98 Å². The van der Waals surface area contributed by atoms with Crippen molar-refractivity contribution in [3.63, 3.8) is 0 Å². The lowest BCUT2D eigenvalue weighted by Gasteiger charge is -2.18. The number of pyridine rings is 1. The van der Waals surface area contributed by atoms with E-state index in [-0.39, 0.29) is 0 Å². The predicted octanol–water partition coefficient (Wildman–Crippen LogP) is 7.36. The van der Waals surface area contributed by atoms with Crippen molar-refractivity contribution in [2.45, 2.75) is 47.6 Å². The first-order valence-corrected chi connectivity index (χ1v) is 12.5. The average Bonchev–Trinajstić information content (AvgIpc) is 2.86. The monoisotopic (exact) mass is 477 g/mol. The Morgan fingerprint density at radius 3 is 2.11 bits per heavy atom. The minimum Gasteiger partial charge on any atom is -0.391 e. The van der Waals surface area contributed by atoms with Crippen molar-refractivity contribution in [1.82, 2.24) is 10.3 Å². The maximum absolute atomic E-state index is 5.68. The predicted molar refractivity (Wildman–Crippen MR) is 156 cm³/mol. The van der Waals surface area contributed by atoms with Crippen LogP contribution in [0.4, 0.5) is 0 Å². The van der Waals surface area contributed by atoms with E-state index in [0.29, 0.717) is 6.54 Å². The van der Waals surface area contributed by atoms with Crippen molar-refractivity contribution in [2.24, 2.45) is 5.73 Å². The maximum atomic E-state index is 5.68. The Morgan fingerprint density at radius 1 is 0.833 bits per heavy atom. The molecular weight excluding hydrogens is 438 g/mol. The standard InChI is InChI=1S/C22H28N2.C11H11N/c1-15-6-11-21(16(2)12-15)22(18(4)24-5)17(3)13-19-7-9-20(14-23)10-8-19;1-8-3-4-10-9(2)5-6-12-11(10)7-8/h6-12,24H,3,13-14,23H2,1-2,4-5H3;3-7H,1-2H3/b22-18+;. The number of hydrogen-bond acceptors (Lipinski definition) is 3. The van der Waals surface area contributed by atoms with Gasteiger partial charge in [0.1, 0.15) is 0 Å². The molecule has 3 N–H and O–H groups in total. The summed E-state index contributed by atoms with van der Waals surface area (Å²) in [5, 5.41) is 4.55. The molecule has 0 radical (unpaired) electrons. The number of hydrogen-bond donors (Lipinski definition) is 2. The lowest BCUT2D eigenvalue weighted by molar-refractivity contribution is 0.987. The SMILES string of the molecule is C=C(Cc1ccc(CN)cc1)/C(=C(/C)NC)c1ccc(C)cc1C.Cc1ccc2c(C)ccnc2c1. The Labute approximate surface area is 216 Å². The van der Waals surface area contributed by atoms with Crippen LogP contribution in [0.15, 0.2) is 90.8 Å². The van der Waals surface area contributed by atoms with Crippen molar-refractivity contribution in [2.75, 3.05) is 7.05 Å². The van der Waals surface area contributed by atoms with Crippen molar-refractivity contribution in [3.8, 4) is 0 Å². The van der Waals surface area contributed by atoms with Crippen LogP contribution in [0.3, 0.4) is 0 Å². The molecule has 3 nitrogen and oxygen atoms in total. The van der Waals surface area contributed by atoms with Crippen molar-refractivity contribution in [1.29, 1.82) is 0 Å². The second-order valence-electron chi connectivity index (χ2n) is 9.52. The Morgan fingerprint density at radius 2 is 1.47 bits per heavy atom. The summed E-state index contributed by atoms with van der Waals surface area (Å²) in [7, 11) is 1.96. The molecule has 0 saturated heterocycles. The van der Waals surface area contributed by atoms with Gasteiger partial charge in [-0.2, -0.15) is 0 Å². The third kappa shape index (κ3) is 6.71. The first kappa shape index (κ1) is 26.9. The van der Waals surface area contributed by atoms with E-state index < -0.39 is 0 Å². The Kier molecular flexibility index (Phi) is 9.21. The van der Waals surface area contributed by atoms with Gasteiger partial charge in [-0.05, 0) is 92.1 Å². The number of aryl methyl sites for hydroxylation is 4. The Balaban J connectivity index is 0.000000249. The van der Waals surface area contributed by atoms with Crippen LogP contribution in [0.5, 0.6) is 0 Å². The van der Waals surface area contributed by atoms with Gasteiger partial charge in [0.25, 0.3) is 0 Å². The van der Waals surface area contributed by atoms with E-state index in [0.717, 1.165) is 28.8 Å². The molecular formula is C33H39N3. The molecule has 0 spiro atoms. The van der Waals surface area contributed by atoms with E-state index in [2.05, 4.69) is 112 Å². The lowest BCUT2D eigenvalue weighted by atomic mass is 9.89. The van der Waals surface area contributed by atoms with Crippen molar-refractivity contribution >= 4 is 16.5 Å². The molecule has 0 aliphatic heterocycles. The van der Waals surface area contributed by atoms with Gasteiger partial charge in [-0.1, -0.05) is 66.7 Å². The molecule has 0 atom stereocenters. The van der Waals surface area contributed by atoms with Crippen LogP contribution < -0.4 is 11.1 Å². The summed E-state index contributed by atoms with van der Waals surface area (Å²) in [5.41, 5.74) is 19.0. The number of nitrogens with zero attached hydrogens (tertiary/aromatic N) is 1. The zero-order chi connectivity index (χ0) is 26.2. The highest BCUT2D eigenvalue weighted by atomic mass is 14.8. The fraction of sp³-hybridized carbons (Fsp3) is 0.242. The summed E-state index contributed by atoms with van der Waals surface area (Å²) in [6.07, 6.45) is 2.68. The first-order chi connectivity index (χ1) is 17.2. The molecule has 3 aromatic carbocycles. The molecule has 3 heteroatoms. The van der Waals surface area contributed by atoms with Crippen molar-refractivity contribution in [3.05, 3.63) is 130 Å². The normalized spacial score (nSPS) is 11.4. The maximum Gasteiger partial charge on any atom is 0.0707 e. The smallest absolute Gasteiger partial charge is 0.0707 e. The van der Waals surface area contributed by atoms with Crippen LogP contribution in [0.2, 0.25) is 0 Å². The molecule has 0 amide bonds. The third-order valence-electron chi connectivity index (χ3n) is 6.55. The van der Waals surface area contributed by atoms with Gasteiger partial charge in [0.2, 0.25) is 0 Å². The van der Waals surface area contributed by atoms with Crippen LogP contribution in [-0.4, -0.2) is 12.0 Å². The fourth-order valence-corrected chi connectivity index (χ4v) is 4.41. The van der Waals surface area contributed by atoms with E-state index in [1.165, 1.54) is 44.3 Å². The number of allylic oxidation sites excluding steroid dienone is 3. The summed E-state index contributed by atoms with van der Waals surface area (Å²) in [6, 6.07) is 23.5. The number of nitrogens with one attached hydrogen (secondary N) is 1. The average molecular weight is 478 g/mol. The zero-order valence-corrected chi connectivity index (χ0v) is 22.6. The second-order valence-corrected chi connectivity index (χ2v) is 9.52. The van der Waals surface area contributed by atoms with E-state index in [9.17, 15) is 0 Å². The molecule has 4 aromatic rings. The van der Waals surface area contributed by atoms with Gasteiger partial charge in [0.15, 0.2) is 0 Å². The third-order valence-corrected chi connectivity index (χ3v) is 6.55. The highest BCUT2D eigenvalue weighted by Gasteiger charge is 2.13. The summed E-state index contributed by atoms with van der Waals surface area (Å²) < 4.78 is 0. The highest BCUT2D eigenvalue weighted by Crippen LogP contribution is 2.30. The van der Waals surface area contributed by atoms with Gasteiger partial charge in [0.05, 0.1) is 5.52 Å². The molecule has 0 unspecified atom stereocenters. The Hall–Kier alpha value is -3.69. The summed E-state index contributed by atoms with van der Waals surface area (Å²) in [5.74, 6) is 0. The number of fused-ring (bicyclic) bond motifs is 1. The van der Waals surface area contributed by atoms with E-state index in [4.69, 9.17) is 5.73 Å². The number of aromatic nitrogens is 1. The number of rotatable bonds is 6. The Bertz CT molecular complexity index is 1380. The minimum atomic E-state index is 0.577. The van der Waals surface area contributed by atoms with Gasteiger partial charge in [0, 0.05) is 36.4 Å². The van der Waals surface area contributed by atoms with E-state index in [1.807, 2.05) is 19.3 Å². The summed E-state index contributed by atoms with van der Waals surface area (Å²) in [4.78, 5) is 4.30. The van der Waals surface area contributed by atoms with Gasteiger partial charge in [-0.15, -0.1) is 0 Å². The zero-order valence-electron chi connectivity index (χ0n) is 22.6. The molecule has 0 fully saturated rings. The van der Waals surface area contributed by atoms with E-state index >= 15 is 0 Å². The largest absolute Gasteiger partial charge is 0.391 e. The minimum absolute atomic E-state index is 0.577. The van der Waals surface area contributed by atoms with Crippen molar-refractivity contribution < 1.29 is 0 Å². The summed E-state index contributed by atoms with van der Waals surface area (Å²) in [6.45, 7) is 15.5. The molecule has 0 aliphatic carbocycles. The number of nitrogens with two attached hydrogens (primary N) is 1. The second kappa shape index (κ2) is 12.3. The molecule has 1 aromatic heterocycles. The molecule has 0 bridgehead atoms. The number of benzene rings is 3. The van der Waals surface area contributed by atoms with Crippen LogP contribution >= 0.6 is 0 Å². The van der Waals surface area contributed by atoms with Gasteiger partial charge in [-0.25, -0.2) is 0 Å². The topological polar surface area (TPSA) is 50.9 Å². The quantitative estimate of drug-likeness (QED) is 0.285. The molecule has 0 aliphatic rings. The van der Waals surface area contributed by atoms with Crippen LogP contribution in [-0.2, 0) is 13.0 Å². The van der Waals surface area contributed by atoms with Crippen LogP contribution in [0.1, 0.15) is 45.9 Å². The highest BCUT2D eigenvalue weighted by molar-refractivity contribution is 5.83. The molecule has 186 valence electrons. The van der Waals surface area contributed by atoms with Crippen LogP contribution in [0, 0.1) is 27.7 Å². The summed E-state index contributed by atoms with van der Waals surface area (Å²) >= 11 is 0. The van der Waals surface area contributed by atoms with Crippen LogP contribution in [0.25, 0.3) is 16.5 Å². The molecule has 1 heterocycles. The van der Waals surface area contributed by atoms with Gasteiger partial charge >= 0.3 is 0 Å². The van der Waals surface area contributed by atoms with E-state index in [1.54, 1.807) is 0 Å². The van der Waals surface area contributed by atoms with Gasteiger partial charge < -0.3 is 11.1 Å². The first-order valence-electron chi connectivity index (χ1n) is 12.5.